The molecule has 0 amide bonds. The van der Waals surface area contributed by atoms with Crippen molar-refractivity contribution in [3.05, 3.63) is 23.8 Å². The van der Waals surface area contributed by atoms with Crippen LogP contribution in [-0.4, -0.2) is 12.2 Å². The maximum Gasteiger partial charge on any atom is 0.166 e. The molecule has 0 aromatic heterocycles. The number of benzene rings is 1. The van der Waals surface area contributed by atoms with Crippen LogP contribution < -0.4 is 4.74 Å². The smallest absolute Gasteiger partial charge is 0.166 e. The van der Waals surface area contributed by atoms with E-state index in [1.54, 1.807) is 0 Å². The SMILES string of the molecule is COc1cc(F)c(SSCS)cc1F. The Kier molecular flexibility index (Phi) is 4.91. The summed E-state index contributed by atoms with van der Waals surface area (Å²) in [5.74, 6) is -1.12. The lowest BCUT2D eigenvalue weighted by Crippen LogP contribution is -1.90. The zero-order valence-corrected chi connectivity index (χ0v) is 9.82. The molecule has 1 aromatic carbocycles. The van der Waals surface area contributed by atoms with Gasteiger partial charge in [-0.1, -0.05) is 21.6 Å². The average molecular weight is 254 g/mol. The largest absolute Gasteiger partial charge is 0.494 e. The summed E-state index contributed by atoms with van der Waals surface area (Å²) >= 11 is 3.95. The molecule has 1 aromatic rings. The second-order valence-corrected chi connectivity index (χ2v) is 5.33. The molecule has 6 heteroatoms. The monoisotopic (exact) mass is 254 g/mol. The van der Waals surface area contributed by atoms with Crippen LogP contribution in [-0.2, 0) is 0 Å². The zero-order valence-electron chi connectivity index (χ0n) is 7.29. The fourth-order valence-electron chi connectivity index (χ4n) is 0.820. The summed E-state index contributed by atoms with van der Waals surface area (Å²) in [7, 11) is 3.78. The van der Waals surface area contributed by atoms with Gasteiger partial charge in [0.1, 0.15) is 5.82 Å². The molecule has 0 aliphatic rings. The first-order valence-electron chi connectivity index (χ1n) is 3.62. The molecule has 0 unspecified atom stereocenters. The van der Waals surface area contributed by atoms with Crippen molar-refractivity contribution in [1.29, 1.82) is 0 Å². The van der Waals surface area contributed by atoms with E-state index in [4.69, 9.17) is 0 Å². The lowest BCUT2D eigenvalue weighted by Gasteiger charge is -2.05. The lowest BCUT2D eigenvalue weighted by molar-refractivity contribution is 0.380. The number of halogens is 2. The Bertz CT molecular complexity index is 320. The van der Waals surface area contributed by atoms with Crippen LogP contribution in [0, 0.1) is 11.6 Å². The van der Waals surface area contributed by atoms with Crippen LogP contribution in [0.2, 0.25) is 0 Å². The average Bonchev–Trinajstić information content (AvgIpc) is 2.18. The maximum absolute atomic E-state index is 13.2. The number of hydrogen-bond donors (Lipinski definition) is 1. The van der Waals surface area contributed by atoms with Crippen molar-refractivity contribution in [1.82, 2.24) is 0 Å². The van der Waals surface area contributed by atoms with Crippen LogP contribution in [0.25, 0.3) is 0 Å². The highest BCUT2D eigenvalue weighted by Crippen LogP contribution is 2.35. The van der Waals surface area contributed by atoms with Gasteiger partial charge in [0.2, 0.25) is 0 Å². The van der Waals surface area contributed by atoms with Crippen LogP contribution in [0.15, 0.2) is 17.0 Å². The molecule has 14 heavy (non-hydrogen) atoms. The molecule has 0 heterocycles. The van der Waals surface area contributed by atoms with Gasteiger partial charge in [-0.05, 0) is 6.07 Å². The van der Waals surface area contributed by atoms with Gasteiger partial charge in [-0.2, -0.15) is 12.6 Å². The maximum atomic E-state index is 13.2. The number of methoxy groups -OCH3 is 1. The highest BCUT2D eigenvalue weighted by molar-refractivity contribution is 8.77. The van der Waals surface area contributed by atoms with E-state index in [9.17, 15) is 8.78 Å². The minimum absolute atomic E-state index is 0.0808. The van der Waals surface area contributed by atoms with Crippen LogP contribution in [0.1, 0.15) is 0 Å². The van der Waals surface area contributed by atoms with Gasteiger partial charge in [-0.15, -0.1) is 0 Å². The Balaban J connectivity index is 2.90. The van der Waals surface area contributed by atoms with Crippen molar-refractivity contribution < 1.29 is 13.5 Å². The summed E-state index contributed by atoms with van der Waals surface area (Å²) in [6.07, 6.45) is 0. The van der Waals surface area contributed by atoms with Gasteiger partial charge in [-0.3, -0.25) is 0 Å². The molecule has 0 aliphatic carbocycles. The second-order valence-electron chi connectivity index (χ2n) is 2.25. The molecule has 0 aliphatic heterocycles. The molecule has 0 saturated heterocycles. The minimum atomic E-state index is -0.559. The molecular weight excluding hydrogens is 246 g/mol. The van der Waals surface area contributed by atoms with Crippen molar-refractivity contribution >= 4 is 34.2 Å². The highest BCUT2D eigenvalue weighted by Gasteiger charge is 2.10. The third-order valence-corrected chi connectivity index (χ3v) is 4.28. The number of hydrogen-bond acceptors (Lipinski definition) is 4. The van der Waals surface area contributed by atoms with Gasteiger partial charge in [0.05, 0.1) is 12.0 Å². The molecular formula is C8H8F2OS3. The van der Waals surface area contributed by atoms with Crippen molar-refractivity contribution in [2.75, 3.05) is 12.2 Å². The van der Waals surface area contributed by atoms with Crippen LogP contribution >= 0.6 is 34.2 Å². The summed E-state index contributed by atoms with van der Waals surface area (Å²) in [4.78, 5) is 0.252. The first-order valence-corrected chi connectivity index (χ1v) is 6.57. The van der Waals surface area contributed by atoms with Crippen molar-refractivity contribution in [3.63, 3.8) is 0 Å². The van der Waals surface area contributed by atoms with Crippen molar-refractivity contribution in [2.24, 2.45) is 0 Å². The Morgan fingerprint density at radius 2 is 2.07 bits per heavy atom. The standard InChI is InChI=1S/C8H8F2OS3/c1-11-7-2-6(10)8(3-5(7)9)14-13-4-12/h2-3,12H,4H2,1H3. The summed E-state index contributed by atoms with van der Waals surface area (Å²) in [6, 6.07) is 2.16. The quantitative estimate of drug-likeness (QED) is 0.500. The fourth-order valence-corrected chi connectivity index (χ4v) is 2.69. The second kappa shape index (κ2) is 5.72. The van der Waals surface area contributed by atoms with E-state index in [1.807, 2.05) is 0 Å². The van der Waals surface area contributed by atoms with Gasteiger partial charge < -0.3 is 4.74 Å². The van der Waals surface area contributed by atoms with E-state index in [0.717, 1.165) is 22.9 Å². The first kappa shape index (κ1) is 12.0. The van der Waals surface area contributed by atoms with E-state index in [2.05, 4.69) is 17.4 Å². The predicted octanol–water partition coefficient (Wildman–Crippen LogP) is 3.60. The minimum Gasteiger partial charge on any atom is -0.494 e. The molecule has 0 saturated carbocycles. The zero-order chi connectivity index (χ0) is 10.6. The molecule has 0 N–H and O–H groups in total. The van der Waals surface area contributed by atoms with Crippen LogP contribution in [0.5, 0.6) is 5.75 Å². The third kappa shape index (κ3) is 2.96. The molecule has 0 bridgehead atoms. The van der Waals surface area contributed by atoms with E-state index in [-0.39, 0.29) is 10.6 Å². The summed E-state index contributed by atoms with van der Waals surface area (Å²) in [5.41, 5.74) is 0. The predicted molar refractivity (Wildman–Crippen MR) is 60.2 cm³/mol. The molecule has 1 nitrogen and oxygen atoms in total. The summed E-state index contributed by atoms with van der Waals surface area (Å²) in [6.45, 7) is 0. The Morgan fingerprint density at radius 1 is 1.36 bits per heavy atom. The number of ether oxygens (including phenoxy) is 1. The van der Waals surface area contributed by atoms with E-state index in [1.165, 1.54) is 17.9 Å². The Hall–Kier alpha value is -0.0700. The van der Waals surface area contributed by atoms with Crippen molar-refractivity contribution in [3.8, 4) is 5.75 Å². The Labute approximate surface area is 94.4 Å². The van der Waals surface area contributed by atoms with Gasteiger partial charge in [0, 0.05) is 11.2 Å². The molecule has 78 valence electrons. The fraction of sp³-hybridized carbons (Fsp3) is 0.250. The van der Waals surface area contributed by atoms with Gasteiger partial charge in [0.25, 0.3) is 0 Å². The van der Waals surface area contributed by atoms with Crippen molar-refractivity contribution in [2.45, 2.75) is 4.90 Å². The number of rotatable bonds is 4. The third-order valence-electron chi connectivity index (χ3n) is 1.41. The van der Waals surface area contributed by atoms with Gasteiger partial charge in [0.15, 0.2) is 11.6 Å². The van der Waals surface area contributed by atoms with E-state index < -0.39 is 11.6 Å². The Morgan fingerprint density at radius 3 is 2.64 bits per heavy atom. The summed E-state index contributed by atoms with van der Waals surface area (Å²) in [5, 5.41) is 0.539. The molecule has 1 rings (SSSR count). The summed E-state index contributed by atoms with van der Waals surface area (Å²) < 4.78 is 31.0. The molecule has 0 atom stereocenters. The molecule has 0 spiro atoms. The topological polar surface area (TPSA) is 9.23 Å². The van der Waals surface area contributed by atoms with E-state index in [0.29, 0.717) is 5.08 Å². The highest BCUT2D eigenvalue weighted by atomic mass is 33.1. The first-order chi connectivity index (χ1) is 6.69. The van der Waals surface area contributed by atoms with Gasteiger partial charge in [-0.25, -0.2) is 8.78 Å². The molecule has 0 fully saturated rings. The van der Waals surface area contributed by atoms with E-state index >= 15 is 0 Å². The number of thiol groups is 1. The normalized spacial score (nSPS) is 10.3. The lowest BCUT2D eigenvalue weighted by atomic mass is 10.3. The molecule has 0 radical (unpaired) electrons. The van der Waals surface area contributed by atoms with Gasteiger partial charge >= 0.3 is 0 Å². The van der Waals surface area contributed by atoms with Crippen LogP contribution in [0.3, 0.4) is 0 Å². The van der Waals surface area contributed by atoms with Crippen LogP contribution in [0.4, 0.5) is 8.78 Å².